The number of imidazole rings is 1. The van der Waals surface area contributed by atoms with Crippen molar-refractivity contribution in [2.24, 2.45) is 0 Å². The highest BCUT2D eigenvalue weighted by Gasteiger charge is 2.19. The summed E-state index contributed by atoms with van der Waals surface area (Å²) in [6.07, 6.45) is 3.91. The molecule has 1 rings (SSSR count). The van der Waals surface area contributed by atoms with Crippen molar-refractivity contribution in [1.29, 1.82) is 0 Å². The average molecular weight is 247 g/mol. The normalized spacial score (nSPS) is 13.9. The van der Waals surface area contributed by atoms with Gasteiger partial charge in [0.1, 0.15) is 5.82 Å². The lowest BCUT2D eigenvalue weighted by molar-refractivity contribution is 0.216. The third kappa shape index (κ3) is 3.92. The summed E-state index contributed by atoms with van der Waals surface area (Å²) in [5.74, 6) is 0.587. The van der Waals surface area contributed by atoms with Crippen LogP contribution in [-0.2, 0) is 14.8 Å². The van der Waals surface area contributed by atoms with Crippen molar-refractivity contribution in [3.63, 3.8) is 0 Å². The Morgan fingerprint density at radius 3 is 2.88 bits per heavy atom. The van der Waals surface area contributed by atoms with Gasteiger partial charge in [0.25, 0.3) is 0 Å². The lowest BCUT2D eigenvalue weighted by Crippen LogP contribution is -2.32. The molecule has 1 aromatic rings. The fourth-order valence-electron chi connectivity index (χ4n) is 1.27. The van der Waals surface area contributed by atoms with Crippen molar-refractivity contribution in [1.82, 2.24) is 14.7 Å². The molecule has 0 radical (unpaired) electrons. The number of aromatic nitrogens is 2. The maximum atomic E-state index is 11.6. The molecule has 0 saturated heterocycles. The zero-order valence-corrected chi connectivity index (χ0v) is 10.3. The predicted molar refractivity (Wildman–Crippen MR) is 60.4 cm³/mol. The van der Waals surface area contributed by atoms with Gasteiger partial charge < -0.3 is 9.72 Å². The molecule has 0 amide bonds. The van der Waals surface area contributed by atoms with E-state index in [0.29, 0.717) is 12.2 Å². The first-order valence-corrected chi connectivity index (χ1v) is 6.72. The summed E-state index contributed by atoms with van der Waals surface area (Å²) in [5, 5.41) is 0. The van der Waals surface area contributed by atoms with Gasteiger partial charge in [0.05, 0.1) is 18.4 Å². The van der Waals surface area contributed by atoms with Crippen LogP contribution in [0.15, 0.2) is 12.4 Å². The Balaban J connectivity index is 2.63. The second-order valence-electron chi connectivity index (χ2n) is 3.36. The van der Waals surface area contributed by atoms with Crippen LogP contribution in [0.5, 0.6) is 0 Å². The number of nitrogens with one attached hydrogen (secondary N) is 2. The average Bonchev–Trinajstić information content (AvgIpc) is 2.76. The predicted octanol–water partition coefficient (Wildman–Crippen LogP) is 0.427. The zero-order chi connectivity index (χ0) is 12.0. The molecule has 1 aromatic heterocycles. The summed E-state index contributed by atoms with van der Waals surface area (Å²) < 4.78 is 30.6. The Labute approximate surface area is 95.5 Å². The SMILES string of the molecule is CCC(NS(=O)(=O)CCOC)c1ncc[nH]1. The van der Waals surface area contributed by atoms with Gasteiger partial charge in [-0.15, -0.1) is 0 Å². The summed E-state index contributed by atoms with van der Waals surface area (Å²) in [7, 11) is -1.84. The molecule has 0 saturated carbocycles. The topological polar surface area (TPSA) is 84.1 Å². The first kappa shape index (κ1) is 13.1. The van der Waals surface area contributed by atoms with Gasteiger partial charge in [-0.2, -0.15) is 0 Å². The molecule has 0 bridgehead atoms. The van der Waals surface area contributed by atoms with Gasteiger partial charge in [-0.3, -0.25) is 0 Å². The molecular formula is C9H17N3O3S. The molecule has 0 spiro atoms. The van der Waals surface area contributed by atoms with Crippen LogP contribution in [0.25, 0.3) is 0 Å². The quantitative estimate of drug-likeness (QED) is 0.731. The van der Waals surface area contributed by atoms with Crippen molar-refractivity contribution in [2.45, 2.75) is 19.4 Å². The molecule has 1 heterocycles. The molecule has 0 aliphatic heterocycles. The van der Waals surface area contributed by atoms with E-state index in [-0.39, 0.29) is 18.4 Å². The number of aromatic amines is 1. The number of H-pyrrole nitrogens is 1. The van der Waals surface area contributed by atoms with Crippen LogP contribution in [0.4, 0.5) is 0 Å². The number of nitrogens with zero attached hydrogens (tertiary/aromatic N) is 1. The second kappa shape index (κ2) is 5.97. The molecule has 1 unspecified atom stereocenters. The van der Waals surface area contributed by atoms with Gasteiger partial charge >= 0.3 is 0 Å². The van der Waals surface area contributed by atoms with Gasteiger partial charge in [0.15, 0.2) is 0 Å². The van der Waals surface area contributed by atoms with Crippen LogP contribution >= 0.6 is 0 Å². The molecule has 0 fully saturated rings. The van der Waals surface area contributed by atoms with Crippen molar-refractivity contribution in [3.05, 3.63) is 18.2 Å². The van der Waals surface area contributed by atoms with E-state index in [1.807, 2.05) is 6.92 Å². The molecule has 0 aliphatic carbocycles. The maximum absolute atomic E-state index is 11.6. The summed E-state index contributed by atoms with van der Waals surface area (Å²) in [5.41, 5.74) is 0. The summed E-state index contributed by atoms with van der Waals surface area (Å²) in [4.78, 5) is 6.94. The van der Waals surface area contributed by atoms with Crippen molar-refractivity contribution < 1.29 is 13.2 Å². The van der Waals surface area contributed by atoms with Crippen LogP contribution in [0, 0.1) is 0 Å². The summed E-state index contributed by atoms with van der Waals surface area (Å²) in [6.45, 7) is 2.08. The Bertz CT molecular complexity index is 388. The fourth-order valence-corrected chi connectivity index (χ4v) is 2.48. The van der Waals surface area contributed by atoms with E-state index in [0.717, 1.165) is 0 Å². The molecule has 0 aliphatic rings. The summed E-state index contributed by atoms with van der Waals surface area (Å²) >= 11 is 0. The van der Waals surface area contributed by atoms with Gasteiger partial charge in [-0.1, -0.05) is 6.92 Å². The first-order valence-electron chi connectivity index (χ1n) is 5.07. The van der Waals surface area contributed by atoms with Crippen molar-refractivity contribution in [2.75, 3.05) is 19.5 Å². The summed E-state index contributed by atoms with van der Waals surface area (Å²) in [6, 6.07) is -0.308. The van der Waals surface area contributed by atoms with Gasteiger partial charge in [-0.05, 0) is 6.42 Å². The standard InChI is InChI=1S/C9H17N3O3S/c1-3-8(9-10-4-5-11-9)12-16(13,14)7-6-15-2/h4-5,8,12H,3,6-7H2,1-2H3,(H,10,11). The molecule has 1 atom stereocenters. The lowest BCUT2D eigenvalue weighted by Gasteiger charge is -2.14. The third-order valence-corrected chi connectivity index (χ3v) is 3.48. The Hall–Kier alpha value is -0.920. The maximum Gasteiger partial charge on any atom is 0.214 e. The highest BCUT2D eigenvalue weighted by atomic mass is 32.2. The molecule has 6 nitrogen and oxygen atoms in total. The van der Waals surface area contributed by atoms with Gasteiger partial charge in [0.2, 0.25) is 10.0 Å². The van der Waals surface area contributed by atoms with Crippen LogP contribution in [0.2, 0.25) is 0 Å². The minimum atomic E-state index is -3.32. The van der Waals surface area contributed by atoms with Gasteiger partial charge in [-0.25, -0.2) is 18.1 Å². The Morgan fingerprint density at radius 2 is 2.38 bits per heavy atom. The number of hydrogen-bond acceptors (Lipinski definition) is 4. The number of methoxy groups -OCH3 is 1. The Morgan fingerprint density at radius 1 is 1.62 bits per heavy atom. The van der Waals surface area contributed by atoms with Crippen molar-refractivity contribution in [3.8, 4) is 0 Å². The second-order valence-corrected chi connectivity index (χ2v) is 5.24. The van der Waals surface area contributed by atoms with E-state index < -0.39 is 10.0 Å². The minimum Gasteiger partial charge on any atom is -0.384 e. The molecule has 0 aromatic carbocycles. The molecular weight excluding hydrogens is 230 g/mol. The number of rotatable bonds is 7. The monoisotopic (exact) mass is 247 g/mol. The Kier molecular flexibility index (Phi) is 4.91. The molecule has 92 valence electrons. The van der Waals surface area contributed by atoms with Crippen LogP contribution in [-0.4, -0.2) is 37.9 Å². The fraction of sp³-hybridized carbons (Fsp3) is 0.667. The van der Waals surface area contributed by atoms with Crippen LogP contribution in [0.1, 0.15) is 25.2 Å². The number of hydrogen-bond donors (Lipinski definition) is 2. The zero-order valence-electron chi connectivity index (χ0n) is 9.43. The number of ether oxygens (including phenoxy) is 1. The highest BCUT2D eigenvalue weighted by Crippen LogP contribution is 2.12. The molecule has 7 heteroatoms. The van der Waals surface area contributed by atoms with E-state index in [4.69, 9.17) is 4.74 Å². The highest BCUT2D eigenvalue weighted by molar-refractivity contribution is 7.89. The van der Waals surface area contributed by atoms with E-state index in [1.165, 1.54) is 7.11 Å². The van der Waals surface area contributed by atoms with E-state index in [1.54, 1.807) is 12.4 Å². The van der Waals surface area contributed by atoms with E-state index in [2.05, 4.69) is 14.7 Å². The third-order valence-electron chi connectivity index (χ3n) is 2.14. The van der Waals surface area contributed by atoms with Crippen LogP contribution in [0.3, 0.4) is 0 Å². The minimum absolute atomic E-state index is 0.0410. The smallest absolute Gasteiger partial charge is 0.214 e. The van der Waals surface area contributed by atoms with E-state index >= 15 is 0 Å². The largest absolute Gasteiger partial charge is 0.384 e. The van der Waals surface area contributed by atoms with Crippen molar-refractivity contribution >= 4 is 10.0 Å². The number of sulfonamides is 1. The van der Waals surface area contributed by atoms with Crippen LogP contribution < -0.4 is 4.72 Å². The first-order chi connectivity index (χ1) is 7.59. The van der Waals surface area contributed by atoms with E-state index in [9.17, 15) is 8.42 Å². The molecule has 16 heavy (non-hydrogen) atoms. The molecule has 2 N–H and O–H groups in total. The van der Waals surface area contributed by atoms with Gasteiger partial charge in [0, 0.05) is 19.5 Å². The lowest BCUT2D eigenvalue weighted by atomic mass is 10.2.